The van der Waals surface area contributed by atoms with E-state index in [1.807, 2.05) is 6.07 Å². The van der Waals surface area contributed by atoms with E-state index in [0.717, 1.165) is 11.3 Å². The number of carbonyl (C=O) groups is 4. The fourth-order valence-electron chi connectivity index (χ4n) is 3.96. The van der Waals surface area contributed by atoms with Crippen LogP contribution in [0.2, 0.25) is 0 Å². The molecule has 13 heteroatoms. The van der Waals surface area contributed by atoms with Gasteiger partial charge in [0.1, 0.15) is 11.9 Å². The molecule has 2 amide bonds. The lowest BCUT2D eigenvalue weighted by atomic mass is 9.92. The first-order valence-electron chi connectivity index (χ1n) is 12.6. The molecule has 1 unspecified atom stereocenters. The number of H-pyrrole nitrogens is 1. The second kappa shape index (κ2) is 12.9. The van der Waals surface area contributed by atoms with Crippen LogP contribution in [0.1, 0.15) is 60.1 Å². The minimum absolute atomic E-state index is 0.0317. The molecule has 0 saturated heterocycles. The van der Waals surface area contributed by atoms with Crippen molar-refractivity contribution in [3.05, 3.63) is 37.8 Å². The molecule has 2 aromatic heterocycles. The smallest absolute Gasteiger partial charge is 0.328 e. The maximum atomic E-state index is 12.7. The molecule has 1 aliphatic heterocycles. The number of esters is 2. The second-order valence-corrected chi connectivity index (χ2v) is 11.5. The number of thiophene rings is 1. The molecule has 0 aliphatic carbocycles. The predicted octanol–water partition coefficient (Wildman–Crippen LogP) is 2.26. The lowest BCUT2D eigenvalue weighted by molar-refractivity contribution is -0.144. The Labute approximate surface area is 230 Å². The maximum absolute atomic E-state index is 12.7. The van der Waals surface area contributed by atoms with E-state index in [0.29, 0.717) is 35.6 Å². The van der Waals surface area contributed by atoms with Gasteiger partial charge in [0.05, 0.1) is 24.7 Å². The number of anilines is 2. The highest BCUT2D eigenvalue weighted by Gasteiger charge is 2.27. The Balaban J connectivity index is 1.56. The lowest BCUT2D eigenvalue weighted by Crippen LogP contribution is -2.41. The number of methoxy groups -OCH3 is 2. The third kappa shape index (κ3) is 8.12. The van der Waals surface area contributed by atoms with Gasteiger partial charge in [-0.2, -0.15) is 4.98 Å². The van der Waals surface area contributed by atoms with Gasteiger partial charge < -0.3 is 20.1 Å². The Morgan fingerprint density at radius 2 is 1.92 bits per heavy atom. The van der Waals surface area contributed by atoms with Gasteiger partial charge in [0.2, 0.25) is 11.9 Å². The van der Waals surface area contributed by atoms with E-state index in [-0.39, 0.29) is 36.2 Å². The predicted molar refractivity (Wildman–Crippen MR) is 146 cm³/mol. The summed E-state index contributed by atoms with van der Waals surface area (Å²) in [6.45, 7) is 5.95. The highest BCUT2D eigenvalue weighted by molar-refractivity contribution is 7.14. The normalized spacial score (nSPS) is 15.4. The van der Waals surface area contributed by atoms with Crippen molar-refractivity contribution in [3.8, 4) is 0 Å². The Morgan fingerprint density at radius 1 is 1.18 bits per heavy atom. The molecule has 3 rings (SSSR count). The summed E-state index contributed by atoms with van der Waals surface area (Å²) in [5, 5.41) is 8.49. The van der Waals surface area contributed by atoms with Crippen molar-refractivity contribution >= 4 is 46.9 Å². The van der Waals surface area contributed by atoms with Gasteiger partial charge in [0, 0.05) is 23.3 Å². The Bertz CT molecular complexity index is 1280. The molecule has 12 nitrogen and oxygen atoms in total. The van der Waals surface area contributed by atoms with E-state index < -0.39 is 29.3 Å². The number of rotatable bonds is 10. The highest BCUT2D eigenvalue weighted by atomic mass is 32.1. The Morgan fingerprint density at radius 3 is 2.59 bits per heavy atom. The Hall–Kier alpha value is -3.74. The first-order valence-corrected chi connectivity index (χ1v) is 13.5. The van der Waals surface area contributed by atoms with Gasteiger partial charge in [0.25, 0.3) is 11.5 Å². The second-order valence-electron chi connectivity index (χ2n) is 10.4. The topological polar surface area (TPSA) is 169 Å². The standard InChI is InChI=1S/C26H35N5O7S/c1-26(2,3)24(36)31-25-29-20-16(21(33)30-25)12-14(13-27-20)6-7-15-8-10-18(39-15)22(34)28-17(23(35)38-5)9-11-19(32)37-4/h8,10,14,17H,6-7,9,11-13H2,1-5H3,(H,28,34)(H3,27,29,30,31,33,36)/t14?,17-/m1/s1. The van der Waals surface area contributed by atoms with E-state index in [1.165, 1.54) is 25.6 Å². The van der Waals surface area contributed by atoms with Gasteiger partial charge in [0.15, 0.2) is 0 Å². The van der Waals surface area contributed by atoms with Crippen molar-refractivity contribution in [1.82, 2.24) is 15.3 Å². The van der Waals surface area contributed by atoms with E-state index >= 15 is 0 Å². The zero-order valence-corrected chi connectivity index (χ0v) is 23.6. The zero-order valence-electron chi connectivity index (χ0n) is 22.8. The van der Waals surface area contributed by atoms with E-state index in [9.17, 15) is 24.0 Å². The molecule has 0 bridgehead atoms. The Kier molecular flexibility index (Phi) is 9.84. The fourth-order valence-corrected chi connectivity index (χ4v) is 4.89. The third-order valence-electron chi connectivity index (χ3n) is 6.32. The highest BCUT2D eigenvalue weighted by Crippen LogP contribution is 2.26. The van der Waals surface area contributed by atoms with Crippen molar-refractivity contribution in [2.75, 3.05) is 31.4 Å². The monoisotopic (exact) mass is 561 g/mol. The van der Waals surface area contributed by atoms with Crippen LogP contribution in [0, 0.1) is 11.3 Å². The van der Waals surface area contributed by atoms with Gasteiger partial charge in [-0.3, -0.25) is 29.5 Å². The van der Waals surface area contributed by atoms with Crippen LogP contribution in [0.5, 0.6) is 0 Å². The number of aromatic amines is 1. The molecule has 0 saturated carbocycles. The average Bonchev–Trinajstić information content (AvgIpc) is 3.38. The largest absolute Gasteiger partial charge is 0.469 e. The van der Waals surface area contributed by atoms with E-state index in [1.54, 1.807) is 26.8 Å². The van der Waals surface area contributed by atoms with Crippen LogP contribution in [0.3, 0.4) is 0 Å². The molecule has 4 N–H and O–H groups in total. The van der Waals surface area contributed by atoms with Gasteiger partial charge in [-0.05, 0) is 43.7 Å². The van der Waals surface area contributed by atoms with Crippen LogP contribution in [0.25, 0.3) is 0 Å². The number of carbonyl (C=O) groups excluding carboxylic acids is 4. The molecule has 0 spiro atoms. The number of nitrogens with zero attached hydrogens (tertiary/aromatic N) is 1. The van der Waals surface area contributed by atoms with Crippen molar-refractivity contribution in [2.45, 2.75) is 58.9 Å². The number of aromatic nitrogens is 2. The van der Waals surface area contributed by atoms with E-state index in [2.05, 4.69) is 30.7 Å². The summed E-state index contributed by atoms with van der Waals surface area (Å²) >= 11 is 1.32. The van der Waals surface area contributed by atoms with Gasteiger partial charge in [-0.15, -0.1) is 11.3 Å². The van der Waals surface area contributed by atoms with Crippen LogP contribution in [-0.4, -0.2) is 60.5 Å². The minimum atomic E-state index is -0.963. The molecule has 2 atom stereocenters. The van der Waals surface area contributed by atoms with Crippen LogP contribution < -0.4 is 21.5 Å². The molecular weight excluding hydrogens is 526 g/mol. The quantitative estimate of drug-likeness (QED) is 0.318. The van der Waals surface area contributed by atoms with Crippen molar-refractivity contribution in [2.24, 2.45) is 11.3 Å². The third-order valence-corrected chi connectivity index (χ3v) is 7.46. The molecule has 3 heterocycles. The average molecular weight is 562 g/mol. The summed E-state index contributed by atoms with van der Waals surface area (Å²) in [5.41, 5.74) is -0.362. The number of ether oxygens (including phenoxy) is 2. The number of aryl methyl sites for hydroxylation is 1. The lowest BCUT2D eigenvalue weighted by Gasteiger charge is -2.25. The molecule has 1 aliphatic rings. The molecule has 0 fully saturated rings. The van der Waals surface area contributed by atoms with Crippen molar-refractivity contribution < 1.29 is 28.7 Å². The molecule has 2 aromatic rings. The summed E-state index contributed by atoms with van der Waals surface area (Å²) < 4.78 is 9.34. The summed E-state index contributed by atoms with van der Waals surface area (Å²) in [7, 11) is 2.47. The maximum Gasteiger partial charge on any atom is 0.328 e. The SMILES string of the molecule is COC(=O)CC[C@@H](NC(=O)c1ccc(CCC2CNc3nc(NC(=O)C(C)(C)C)[nH]c(=O)c3C2)s1)C(=O)OC. The van der Waals surface area contributed by atoms with Crippen molar-refractivity contribution in [1.29, 1.82) is 0 Å². The molecule has 39 heavy (non-hydrogen) atoms. The molecular formula is C26H35N5O7S. The van der Waals surface area contributed by atoms with Crippen LogP contribution in [0.15, 0.2) is 16.9 Å². The van der Waals surface area contributed by atoms with Crippen LogP contribution in [0.4, 0.5) is 11.8 Å². The number of nitrogens with one attached hydrogen (secondary N) is 4. The summed E-state index contributed by atoms with van der Waals surface area (Å²) in [4.78, 5) is 69.6. The van der Waals surface area contributed by atoms with Gasteiger partial charge in [-0.25, -0.2) is 4.79 Å². The molecule has 0 aromatic carbocycles. The van der Waals surface area contributed by atoms with Gasteiger partial charge in [-0.1, -0.05) is 20.8 Å². The molecule has 0 radical (unpaired) electrons. The number of fused-ring (bicyclic) bond motifs is 1. The number of amides is 2. The summed E-state index contributed by atoms with van der Waals surface area (Å²) in [5.74, 6) is -1.02. The summed E-state index contributed by atoms with van der Waals surface area (Å²) in [6, 6.07) is 2.60. The number of hydrogen-bond donors (Lipinski definition) is 4. The first-order chi connectivity index (χ1) is 18.4. The fraction of sp³-hybridized carbons (Fsp3) is 0.538. The first kappa shape index (κ1) is 29.8. The number of hydrogen-bond acceptors (Lipinski definition) is 10. The summed E-state index contributed by atoms with van der Waals surface area (Å²) in [6.07, 6.45) is 2.05. The van der Waals surface area contributed by atoms with Crippen LogP contribution >= 0.6 is 11.3 Å². The van der Waals surface area contributed by atoms with E-state index in [4.69, 9.17) is 4.74 Å². The van der Waals surface area contributed by atoms with Crippen LogP contribution in [-0.2, 0) is 36.7 Å². The van der Waals surface area contributed by atoms with Crippen molar-refractivity contribution in [3.63, 3.8) is 0 Å². The zero-order chi connectivity index (χ0) is 28.7. The minimum Gasteiger partial charge on any atom is -0.469 e. The molecule has 212 valence electrons. The van der Waals surface area contributed by atoms with Gasteiger partial charge >= 0.3 is 11.9 Å².